The molecular formula is C21H23N3O3S. The zero-order chi connectivity index (χ0) is 19.6. The van der Waals surface area contributed by atoms with Crippen molar-refractivity contribution in [2.45, 2.75) is 32.1 Å². The molecule has 3 aromatic rings. The van der Waals surface area contributed by atoms with E-state index in [4.69, 9.17) is 9.94 Å². The lowest BCUT2D eigenvalue weighted by Crippen LogP contribution is -2.17. The van der Waals surface area contributed by atoms with Crippen molar-refractivity contribution in [2.75, 3.05) is 6.61 Å². The number of hydroxylamine groups is 1. The van der Waals surface area contributed by atoms with Crippen molar-refractivity contribution in [3.05, 3.63) is 54.6 Å². The van der Waals surface area contributed by atoms with Gasteiger partial charge in [-0.05, 0) is 37.1 Å². The molecule has 0 unspecified atom stereocenters. The quantitative estimate of drug-likeness (QED) is 0.294. The number of benzene rings is 2. The maximum Gasteiger partial charge on any atom is 0.243 e. The normalized spacial score (nSPS) is 10.6. The van der Waals surface area contributed by atoms with Crippen LogP contribution in [0.5, 0.6) is 5.75 Å². The second-order valence-electron chi connectivity index (χ2n) is 6.35. The van der Waals surface area contributed by atoms with E-state index in [1.165, 1.54) is 0 Å². The molecule has 2 N–H and O–H groups in total. The molecule has 0 saturated heterocycles. The van der Waals surface area contributed by atoms with Gasteiger partial charge in [0.05, 0.1) is 6.61 Å². The van der Waals surface area contributed by atoms with Gasteiger partial charge in [-0.1, -0.05) is 54.5 Å². The van der Waals surface area contributed by atoms with Crippen molar-refractivity contribution in [1.29, 1.82) is 0 Å². The van der Waals surface area contributed by atoms with Crippen molar-refractivity contribution in [2.24, 2.45) is 0 Å². The lowest BCUT2D eigenvalue weighted by molar-refractivity contribution is -0.129. The van der Waals surface area contributed by atoms with Crippen LogP contribution in [0.4, 0.5) is 0 Å². The van der Waals surface area contributed by atoms with Crippen molar-refractivity contribution in [3.63, 3.8) is 0 Å². The third-order valence-electron chi connectivity index (χ3n) is 4.24. The Hall–Kier alpha value is -2.77. The van der Waals surface area contributed by atoms with Crippen molar-refractivity contribution in [3.8, 4) is 26.9 Å². The van der Waals surface area contributed by atoms with Gasteiger partial charge in [0, 0.05) is 17.5 Å². The van der Waals surface area contributed by atoms with Gasteiger partial charge in [0.2, 0.25) is 5.91 Å². The van der Waals surface area contributed by atoms with Crippen molar-refractivity contribution >= 4 is 17.2 Å². The summed E-state index contributed by atoms with van der Waals surface area (Å²) in [6.45, 7) is 0.641. The second kappa shape index (κ2) is 10.5. The molecule has 6 nitrogen and oxygen atoms in total. The molecule has 0 aliphatic carbocycles. The number of aromatic nitrogens is 2. The molecule has 0 atom stereocenters. The van der Waals surface area contributed by atoms with Gasteiger partial charge in [0.1, 0.15) is 15.8 Å². The maximum atomic E-state index is 10.9. The number of rotatable bonds is 10. The average molecular weight is 398 g/mol. The predicted molar refractivity (Wildman–Crippen MR) is 109 cm³/mol. The number of carbonyl (C=O) groups excluding carboxylic acids is 1. The van der Waals surface area contributed by atoms with E-state index in [1.807, 2.05) is 54.6 Å². The summed E-state index contributed by atoms with van der Waals surface area (Å²) in [6, 6.07) is 17.9. The van der Waals surface area contributed by atoms with Gasteiger partial charge in [-0.15, -0.1) is 10.2 Å². The summed E-state index contributed by atoms with van der Waals surface area (Å²) in [7, 11) is 0. The first kappa shape index (κ1) is 20.0. The Balaban J connectivity index is 1.43. The molecule has 3 rings (SSSR count). The zero-order valence-electron chi connectivity index (χ0n) is 15.5. The van der Waals surface area contributed by atoms with Gasteiger partial charge in [-0.3, -0.25) is 10.0 Å². The third-order valence-corrected chi connectivity index (χ3v) is 5.26. The third kappa shape index (κ3) is 5.87. The summed E-state index contributed by atoms with van der Waals surface area (Å²) >= 11 is 1.57. The number of unbranched alkanes of at least 4 members (excludes halogenated alkanes) is 3. The van der Waals surface area contributed by atoms with E-state index in [0.717, 1.165) is 52.6 Å². The molecule has 1 aromatic heterocycles. The van der Waals surface area contributed by atoms with Gasteiger partial charge >= 0.3 is 0 Å². The highest BCUT2D eigenvalue weighted by Gasteiger charge is 2.08. The van der Waals surface area contributed by atoms with E-state index < -0.39 is 0 Å². The molecule has 1 heterocycles. The first-order valence-electron chi connectivity index (χ1n) is 9.31. The lowest BCUT2D eigenvalue weighted by atomic mass is 10.1. The van der Waals surface area contributed by atoms with E-state index in [1.54, 1.807) is 16.8 Å². The van der Waals surface area contributed by atoms with Crippen LogP contribution >= 0.6 is 11.3 Å². The monoisotopic (exact) mass is 397 g/mol. The molecule has 1 amide bonds. The van der Waals surface area contributed by atoms with Crippen LogP contribution in [0.1, 0.15) is 32.1 Å². The van der Waals surface area contributed by atoms with E-state index in [2.05, 4.69) is 10.2 Å². The molecule has 28 heavy (non-hydrogen) atoms. The molecule has 2 aromatic carbocycles. The fourth-order valence-corrected chi connectivity index (χ4v) is 3.57. The van der Waals surface area contributed by atoms with Gasteiger partial charge < -0.3 is 4.74 Å². The summed E-state index contributed by atoms with van der Waals surface area (Å²) in [5.74, 6) is 0.499. The standard InChI is InChI=1S/C21H23N3O3S/c25-19(24-26)10-6-1-2-7-15-27-18-13-11-17(12-14-18)21-23-22-20(28-21)16-8-4-3-5-9-16/h3-5,8-9,11-14,26H,1-2,6-7,10,15H2,(H,24,25). The van der Waals surface area contributed by atoms with E-state index in [0.29, 0.717) is 13.0 Å². The Morgan fingerprint density at radius 2 is 1.54 bits per heavy atom. The van der Waals surface area contributed by atoms with Crippen LogP contribution < -0.4 is 10.2 Å². The predicted octanol–water partition coefficient (Wildman–Crippen LogP) is 4.71. The Labute approximate surface area is 168 Å². The summed E-state index contributed by atoms with van der Waals surface area (Å²) in [6.07, 6.45) is 3.99. The summed E-state index contributed by atoms with van der Waals surface area (Å²) < 4.78 is 5.77. The molecule has 7 heteroatoms. The largest absolute Gasteiger partial charge is 0.494 e. The maximum absolute atomic E-state index is 10.9. The molecule has 0 radical (unpaired) electrons. The van der Waals surface area contributed by atoms with Crippen LogP contribution in [0.3, 0.4) is 0 Å². The van der Waals surface area contributed by atoms with Crippen LogP contribution in [-0.2, 0) is 4.79 Å². The first-order chi connectivity index (χ1) is 13.8. The van der Waals surface area contributed by atoms with E-state index in [-0.39, 0.29) is 5.91 Å². The fraction of sp³-hybridized carbons (Fsp3) is 0.286. The van der Waals surface area contributed by atoms with Crippen LogP contribution in [0.2, 0.25) is 0 Å². The fourth-order valence-electron chi connectivity index (χ4n) is 2.72. The molecular weight excluding hydrogens is 374 g/mol. The zero-order valence-corrected chi connectivity index (χ0v) is 16.3. The van der Waals surface area contributed by atoms with Crippen molar-refractivity contribution in [1.82, 2.24) is 15.7 Å². The Bertz CT molecular complexity index is 866. The van der Waals surface area contributed by atoms with E-state index >= 15 is 0 Å². The lowest BCUT2D eigenvalue weighted by Gasteiger charge is -2.06. The number of hydrogen-bond donors (Lipinski definition) is 2. The SMILES string of the molecule is O=C(CCCCCCOc1ccc(-c2nnc(-c3ccccc3)s2)cc1)NO. The summed E-state index contributed by atoms with van der Waals surface area (Å²) in [5.41, 5.74) is 3.74. The highest BCUT2D eigenvalue weighted by Crippen LogP contribution is 2.30. The molecule has 146 valence electrons. The van der Waals surface area contributed by atoms with Gasteiger partial charge in [-0.25, -0.2) is 5.48 Å². The number of nitrogens with one attached hydrogen (secondary N) is 1. The van der Waals surface area contributed by atoms with Gasteiger partial charge in [0.15, 0.2) is 0 Å². The number of carbonyl (C=O) groups is 1. The summed E-state index contributed by atoms with van der Waals surface area (Å²) in [5, 5.41) is 18.8. The molecule has 0 aliphatic rings. The molecule has 0 fully saturated rings. The van der Waals surface area contributed by atoms with Crippen LogP contribution in [0.25, 0.3) is 21.1 Å². The molecule has 0 saturated carbocycles. The minimum atomic E-state index is -0.331. The number of amides is 1. The van der Waals surface area contributed by atoms with Gasteiger partial charge in [0.25, 0.3) is 0 Å². The Morgan fingerprint density at radius 3 is 2.21 bits per heavy atom. The minimum Gasteiger partial charge on any atom is -0.494 e. The Morgan fingerprint density at radius 1 is 0.893 bits per heavy atom. The smallest absolute Gasteiger partial charge is 0.243 e. The molecule has 0 bridgehead atoms. The molecule has 0 spiro atoms. The number of hydrogen-bond acceptors (Lipinski definition) is 6. The number of nitrogens with zero attached hydrogens (tertiary/aromatic N) is 2. The highest BCUT2D eigenvalue weighted by atomic mass is 32.1. The van der Waals surface area contributed by atoms with Gasteiger partial charge in [-0.2, -0.15) is 0 Å². The average Bonchev–Trinajstić information content (AvgIpc) is 3.24. The molecule has 0 aliphatic heterocycles. The van der Waals surface area contributed by atoms with E-state index in [9.17, 15) is 4.79 Å². The Kier molecular flexibility index (Phi) is 7.52. The van der Waals surface area contributed by atoms with Crippen molar-refractivity contribution < 1.29 is 14.7 Å². The second-order valence-corrected chi connectivity index (χ2v) is 7.33. The highest BCUT2D eigenvalue weighted by molar-refractivity contribution is 7.17. The number of ether oxygens (including phenoxy) is 1. The van der Waals surface area contributed by atoms with Crippen LogP contribution in [0, 0.1) is 0 Å². The van der Waals surface area contributed by atoms with Crippen LogP contribution in [0.15, 0.2) is 54.6 Å². The van der Waals surface area contributed by atoms with Crippen LogP contribution in [-0.4, -0.2) is 27.9 Å². The topological polar surface area (TPSA) is 84.3 Å². The summed E-state index contributed by atoms with van der Waals surface area (Å²) in [4.78, 5) is 10.9. The minimum absolute atomic E-state index is 0.331. The first-order valence-corrected chi connectivity index (χ1v) is 10.1.